The van der Waals surface area contributed by atoms with E-state index < -0.39 is 0 Å². The molecule has 1 nitrogen and oxygen atoms in total. The Morgan fingerprint density at radius 2 is 1.62 bits per heavy atom. The van der Waals surface area contributed by atoms with Gasteiger partial charge in [-0.05, 0) is 18.8 Å². The van der Waals surface area contributed by atoms with E-state index in [2.05, 4.69) is 38.9 Å². The lowest BCUT2D eigenvalue weighted by atomic mass is 9.93. The molecule has 0 spiro atoms. The normalized spacial score (nSPS) is 12.8. The van der Waals surface area contributed by atoms with Crippen molar-refractivity contribution in [1.29, 1.82) is 0 Å². The molecule has 2 heteroatoms. The first kappa shape index (κ1) is 12.5. The maximum absolute atomic E-state index is 4.41. The summed E-state index contributed by atoms with van der Waals surface area (Å²) in [5, 5.41) is 1.01. The molecule has 0 fully saturated rings. The number of hydrogen-bond donors (Lipinski definition) is 0. The molecule has 0 radical (unpaired) electrons. The van der Waals surface area contributed by atoms with Crippen molar-refractivity contribution in [3.63, 3.8) is 0 Å². The number of allylic oxidation sites excluding steroid dienone is 2. The molecule has 0 aliphatic heterocycles. The van der Waals surface area contributed by atoms with Crippen molar-refractivity contribution < 1.29 is 0 Å². The molecule has 0 N–H and O–H groups in total. The molecular formula is C11H19NS. The van der Waals surface area contributed by atoms with E-state index in [-0.39, 0.29) is 5.41 Å². The summed E-state index contributed by atoms with van der Waals surface area (Å²) < 4.78 is 0. The monoisotopic (exact) mass is 197 g/mol. The lowest BCUT2D eigenvalue weighted by molar-refractivity contribution is 0.501. The second kappa shape index (κ2) is 4.66. The Balaban J connectivity index is 4.40. The first-order chi connectivity index (χ1) is 5.73. The minimum atomic E-state index is 0.0525. The average Bonchev–Trinajstić information content (AvgIpc) is 1.82. The van der Waals surface area contributed by atoms with Crippen molar-refractivity contribution in [2.75, 3.05) is 0 Å². The van der Waals surface area contributed by atoms with Crippen LogP contribution in [0.15, 0.2) is 28.8 Å². The molecule has 0 rings (SSSR count). The van der Waals surface area contributed by atoms with Gasteiger partial charge in [0.15, 0.2) is 0 Å². The van der Waals surface area contributed by atoms with Gasteiger partial charge < -0.3 is 0 Å². The van der Waals surface area contributed by atoms with Crippen molar-refractivity contribution >= 4 is 16.8 Å². The summed E-state index contributed by atoms with van der Waals surface area (Å²) in [5.74, 6) is 0. The van der Waals surface area contributed by atoms with Gasteiger partial charge in [0.2, 0.25) is 0 Å². The number of thioether (sulfide) groups is 1. The molecule has 0 saturated carbocycles. The highest BCUT2D eigenvalue weighted by Gasteiger charge is 2.14. The Bertz CT molecular complexity index is 243. The van der Waals surface area contributed by atoms with E-state index in [4.69, 9.17) is 0 Å². The second-order valence-electron chi connectivity index (χ2n) is 4.13. The van der Waals surface area contributed by atoms with Crippen LogP contribution in [0.3, 0.4) is 0 Å². The van der Waals surface area contributed by atoms with Crippen molar-refractivity contribution in [3.05, 3.63) is 23.8 Å². The van der Waals surface area contributed by atoms with E-state index in [1.54, 1.807) is 11.8 Å². The van der Waals surface area contributed by atoms with Gasteiger partial charge in [-0.2, -0.15) is 0 Å². The molecule has 0 atom stereocenters. The summed E-state index contributed by atoms with van der Waals surface area (Å²) >= 11 is 1.59. The van der Waals surface area contributed by atoms with Crippen LogP contribution in [0.1, 0.15) is 34.6 Å². The van der Waals surface area contributed by atoms with Crippen LogP contribution in [-0.2, 0) is 0 Å². The Hall–Kier alpha value is -0.500. The van der Waals surface area contributed by atoms with Gasteiger partial charge in [-0.15, -0.1) is 0 Å². The van der Waals surface area contributed by atoms with E-state index in [9.17, 15) is 0 Å². The van der Waals surface area contributed by atoms with Crippen LogP contribution >= 0.6 is 11.8 Å². The van der Waals surface area contributed by atoms with Crippen LogP contribution in [0.4, 0.5) is 0 Å². The number of nitrogens with zero attached hydrogens (tertiary/aromatic N) is 1. The highest BCUT2D eigenvalue weighted by molar-refractivity contribution is 8.17. The number of rotatable bonds is 2. The minimum Gasteiger partial charge on any atom is -0.251 e. The van der Waals surface area contributed by atoms with Crippen LogP contribution in [0, 0.1) is 5.41 Å². The highest BCUT2D eigenvalue weighted by Crippen LogP contribution is 2.26. The minimum absolute atomic E-state index is 0.0525. The SMILES string of the molecule is C=C(C)S/C(C)=N\C(=C)C(C)(C)C. The summed E-state index contributed by atoms with van der Waals surface area (Å²) in [4.78, 5) is 5.47. The molecule has 0 bridgehead atoms. The standard InChI is InChI=1S/C11H19NS/c1-8(2)13-10(4)12-9(3)11(5,6)7/h1,3H2,2,4-7H3/b12-10-. The first-order valence-corrected chi connectivity index (χ1v) is 5.13. The number of aliphatic imine (C=N–C) groups is 1. The second-order valence-corrected chi connectivity index (χ2v) is 5.62. The smallest absolute Gasteiger partial charge is 0.0747 e. The van der Waals surface area contributed by atoms with Crippen molar-refractivity contribution in [2.45, 2.75) is 34.6 Å². The van der Waals surface area contributed by atoms with Gasteiger partial charge in [0, 0.05) is 11.1 Å². The Morgan fingerprint density at radius 3 is 1.92 bits per heavy atom. The Morgan fingerprint density at radius 1 is 1.15 bits per heavy atom. The molecule has 0 aliphatic carbocycles. The lowest BCUT2D eigenvalue weighted by Gasteiger charge is -2.18. The van der Waals surface area contributed by atoms with Crippen LogP contribution < -0.4 is 0 Å². The summed E-state index contributed by atoms with van der Waals surface area (Å²) in [6, 6.07) is 0. The summed E-state index contributed by atoms with van der Waals surface area (Å²) in [5.41, 5.74) is 0.968. The fourth-order valence-corrected chi connectivity index (χ4v) is 1.29. The van der Waals surface area contributed by atoms with E-state index in [0.717, 1.165) is 15.6 Å². The summed E-state index contributed by atoms with van der Waals surface area (Å²) in [7, 11) is 0. The molecule has 0 amide bonds. The van der Waals surface area contributed by atoms with E-state index in [0.29, 0.717) is 0 Å². The predicted molar refractivity (Wildman–Crippen MR) is 64.1 cm³/mol. The van der Waals surface area contributed by atoms with Gasteiger partial charge in [-0.25, -0.2) is 0 Å². The van der Waals surface area contributed by atoms with Crippen molar-refractivity contribution in [1.82, 2.24) is 0 Å². The third-order valence-electron chi connectivity index (χ3n) is 1.48. The predicted octanol–water partition coefficient (Wildman–Crippen LogP) is 4.23. The first-order valence-electron chi connectivity index (χ1n) is 4.31. The van der Waals surface area contributed by atoms with Gasteiger partial charge in [0.1, 0.15) is 0 Å². The summed E-state index contributed by atoms with van der Waals surface area (Å²) in [6.45, 7) is 18.0. The Labute approximate surface area is 86.0 Å². The molecule has 74 valence electrons. The largest absolute Gasteiger partial charge is 0.251 e. The van der Waals surface area contributed by atoms with Gasteiger partial charge in [-0.3, -0.25) is 4.99 Å². The molecule has 0 aromatic rings. The molecule has 0 saturated heterocycles. The molecule has 0 aromatic heterocycles. The topological polar surface area (TPSA) is 12.4 Å². The maximum atomic E-state index is 4.41. The van der Waals surface area contributed by atoms with Crippen LogP contribution in [0.25, 0.3) is 0 Å². The van der Waals surface area contributed by atoms with Gasteiger partial charge in [0.05, 0.1) is 5.04 Å². The van der Waals surface area contributed by atoms with Crippen LogP contribution in [-0.4, -0.2) is 5.04 Å². The van der Waals surface area contributed by atoms with Gasteiger partial charge >= 0.3 is 0 Å². The van der Waals surface area contributed by atoms with Crippen LogP contribution in [0.5, 0.6) is 0 Å². The van der Waals surface area contributed by atoms with Crippen molar-refractivity contribution in [3.8, 4) is 0 Å². The van der Waals surface area contributed by atoms with E-state index in [1.807, 2.05) is 13.8 Å². The highest BCUT2D eigenvalue weighted by atomic mass is 32.2. The Kier molecular flexibility index (Phi) is 4.48. The maximum Gasteiger partial charge on any atom is 0.0747 e. The van der Waals surface area contributed by atoms with E-state index in [1.165, 1.54) is 0 Å². The van der Waals surface area contributed by atoms with Gasteiger partial charge in [-0.1, -0.05) is 45.7 Å². The quantitative estimate of drug-likeness (QED) is 0.476. The molecule has 0 heterocycles. The van der Waals surface area contributed by atoms with Gasteiger partial charge in [0.25, 0.3) is 0 Å². The average molecular weight is 197 g/mol. The number of hydrogen-bond acceptors (Lipinski definition) is 2. The third kappa shape index (κ3) is 5.69. The lowest BCUT2D eigenvalue weighted by Crippen LogP contribution is -2.07. The zero-order valence-corrected chi connectivity index (χ0v) is 10.1. The van der Waals surface area contributed by atoms with Crippen molar-refractivity contribution in [2.24, 2.45) is 10.4 Å². The zero-order valence-electron chi connectivity index (χ0n) is 9.27. The molecular weight excluding hydrogens is 178 g/mol. The fraction of sp³-hybridized carbons (Fsp3) is 0.545. The molecule has 0 aliphatic rings. The summed E-state index contributed by atoms with van der Waals surface area (Å²) in [6.07, 6.45) is 0. The molecule has 13 heavy (non-hydrogen) atoms. The molecule has 0 unspecified atom stereocenters. The molecule has 0 aromatic carbocycles. The fourth-order valence-electron chi connectivity index (χ4n) is 0.633. The third-order valence-corrected chi connectivity index (χ3v) is 2.22. The zero-order chi connectivity index (χ0) is 10.6. The van der Waals surface area contributed by atoms with Crippen LogP contribution in [0.2, 0.25) is 0 Å². The van der Waals surface area contributed by atoms with E-state index >= 15 is 0 Å².